The number of amides is 2. The standard InChI is InChI=1S/C13H17F3N4O2/c1-7(2)4-9(11(22)17-3)20-10(21)8-5-18-12(19-6-8)13(14,15)16/h5-7,9H,4H2,1-3H3,(H,17,22)(H,20,21)/t9-/m0/s1. The molecule has 1 aromatic rings. The number of nitrogens with zero attached hydrogens (tertiary/aromatic N) is 2. The van der Waals surface area contributed by atoms with E-state index in [9.17, 15) is 22.8 Å². The molecule has 1 atom stereocenters. The second kappa shape index (κ2) is 7.19. The molecule has 1 rings (SSSR count). The van der Waals surface area contributed by atoms with Crippen molar-refractivity contribution in [3.8, 4) is 0 Å². The van der Waals surface area contributed by atoms with E-state index in [1.54, 1.807) is 0 Å². The topological polar surface area (TPSA) is 84.0 Å². The van der Waals surface area contributed by atoms with Crippen molar-refractivity contribution >= 4 is 11.8 Å². The number of hydrogen-bond acceptors (Lipinski definition) is 4. The van der Waals surface area contributed by atoms with Crippen LogP contribution in [0.1, 0.15) is 36.5 Å². The Kier molecular flexibility index (Phi) is 5.84. The summed E-state index contributed by atoms with van der Waals surface area (Å²) in [7, 11) is 1.43. The summed E-state index contributed by atoms with van der Waals surface area (Å²) in [5.41, 5.74) is -0.148. The summed E-state index contributed by atoms with van der Waals surface area (Å²) in [6.07, 6.45) is -2.72. The van der Waals surface area contributed by atoms with Gasteiger partial charge in [-0.1, -0.05) is 13.8 Å². The van der Waals surface area contributed by atoms with Crippen molar-refractivity contribution in [3.63, 3.8) is 0 Å². The number of carbonyl (C=O) groups excluding carboxylic acids is 2. The molecular formula is C13H17F3N4O2. The molecule has 0 aliphatic rings. The molecule has 0 saturated carbocycles. The molecule has 0 bridgehead atoms. The average Bonchev–Trinajstić information content (AvgIpc) is 2.44. The van der Waals surface area contributed by atoms with Gasteiger partial charge in [-0.15, -0.1) is 0 Å². The van der Waals surface area contributed by atoms with Crippen LogP contribution in [0.15, 0.2) is 12.4 Å². The smallest absolute Gasteiger partial charge is 0.357 e. The van der Waals surface area contributed by atoms with E-state index in [0.717, 1.165) is 12.4 Å². The van der Waals surface area contributed by atoms with Gasteiger partial charge in [-0.3, -0.25) is 9.59 Å². The third-order valence-corrected chi connectivity index (χ3v) is 2.74. The van der Waals surface area contributed by atoms with E-state index >= 15 is 0 Å². The van der Waals surface area contributed by atoms with Crippen LogP contribution in [0.3, 0.4) is 0 Å². The highest BCUT2D eigenvalue weighted by Gasteiger charge is 2.34. The quantitative estimate of drug-likeness (QED) is 0.859. The van der Waals surface area contributed by atoms with Crippen LogP contribution in [0.25, 0.3) is 0 Å². The van der Waals surface area contributed by atoms with Gasteiger partial charge >= 0.3 is 6.18 Å². The summed E-state index contributed by atoms with van der Waals surface area (Å²) >= 11 is 0. The van der Waals surface area contributed by atoms with Crippen molar-refractivity contribution < 1.29 is 22.8 Å². The Morgan fingerprint density at radius 1 is 1.23 bits per heavy atom. The van der Waals surface area contributed by atoms with E-state index in [0.29, 0.717) is 6.42 Å². The first-order chi connectivity index (χ1) is 10.1. The van der Waals surface area contributed by atoms with Crippen LogP contribution in [-0.2, 0) is 11.0 Å². The van der Waals surface area contributed by atoms with E-state index in [1.807, 2.05) is 13.8 Å². The van der Waals surface area contributed by atoms with Crippen LogP contribution in [0.2, 0.25) is 0 Å². The monoisotopic (exact) mass is 318 g/mol. The van der Waals surface area contributed by atoms with Gasteiger partial charge in [0.25, 0.3) is 5.91 Å². The van der Waals surface area contributed by atoms with E-state index in [1.165, 1.54) is 7.05 Å². The lowest BCUT2D eigenvalue weighted by molar-refractivity contribution is -0.145. The Hall–Kier alpha value is -2.19. The lowest BCUT2D eigenvalue weighted by atomic mass is 10.0. The van der Waals surface area contributed by atoms with E-state index in [2.05, 4.69) is 20.6 Å². The highest BCUT2D eigenvalue weighted by atomic mass is 19.4. The van der Waals surface area contributed by atoms with Gasteiger partial charge in [0.15, 0.2) is 0 Å². The van der Waals surface area contributed by atoms with Gasteiger partial charge in [0, 0.05) is 19.4 Å². The zero-order valence-electron chi connectivity index (χ0n) is 12.4. The molecule has 0 spiro atoms. The number of carbonyl (C=O) groups is 2. The predicted molar refractivity (Wildman–Crippen MR) is 71.8 cm³/mol. The zero-order chi connectivity index (χ0) is 16.9. The molecule has 0 fully saturated rings. The largest absolute Gasteiger partial charge is 0.451 e. The fourth-order valence-corrected chi connectivity index (χ4v) is 1.71. The maximum atomic E-state index is 12.3. The van der Waals surface area contributed by atoms with Crippen LogP contribution in [0.5, 0.6) is 0 Å². The maximum Gasteiger partial charge on any atom is 0.451 e. The number of alkyl halides is 3. The van der Waals surface area contributed by atoms with E-state index in [4.69, 9.17) is 0 Å². The summed E-state index contributed by atoms with van der Waals surface area (Å²) < 4.78 is 37.0. The van der Waals surface area contributed by atoms with Gasteiger partial charge in [-0.05, 0) is 12.3 Å². The molecule has 1 heterocycles. The number of rotatable bonds is 5. The molecule has 0 aromatic carbocycles. The lowest BCUT2D eigenvalue weighted by Crippen LogP contribution is -2.46. The van der Waals surface area contributed by atoms with Gasteiger partial charge in [0.05, 0.1) is 5.56 Å². The Morgan fingerprint density at radius 2 is 1.77 bits per heavy atom. The van der Waals surface area contributed by atoms with Gasteiger partial charge < -0.3 is 10.6 Å². The third-order valence-electron chi connectivity index (χ3n) is 2.74. The highest BCUT2D eigenvalue weighted by molar-refractivity contribution is 5.97. The van der Waals surface area contributed by atoms with Crippen molar-refractivity contribution in [1.29, 1.82) is 0 Å². The summed E-state index contributed by atoms with van der Waals surface area (Å²) in [4.78, 5) is 29.9. The van der Waals surface area contributed by atoms with Crippen molar-refractivity contribution in [3.05, 3.63) is 23.8 Å². The van der Waals surface area contributed by atoms with Crippen molar-refractivity contribution in [2.24, 2.45) is 5.92 Å². The first kappa shape index (κ1) is 17.9. The molecule has 0 saturated heterocycles. The summed E-state index contributed by atoms with van der Waals surface area (Å²) in [5.74, 6) is -2.27. The number of hydrogen-bond donors (Lipinski definition) is 2. The molecule has 2 amide bonds. The minimum absolute atomic E-state index is 0.145. The second-order valence-corrected chi connectivity index (χ2v) is 5.06. The fraction of sp³-hybridized carbons (Fsp3) is 0.538. The van der Waals surface area contributed by atoms with Crippen molar-refractivity contribution in [2.75, 3.05) is 7.05 Å². The Bertz CT molecular complexity index is 529. The number of likely N-dealkylation sites (N-methyl/N-ethyl adjacent to an activating group) is 1. The van der Waals surface area contributed by atoms with Crippen LogP contribution < -0.4 is 10.6 Å². The first-order valence-corrected chi connectivity index (χ1v) is 6.56. The molecule has 1 aromatic heterocycles. The van der Waals surface area contributed by atoms with Crippen LogP contribution in [0.4, 0.5) is 13.2 Å². The van der Waals surface area contributed by atoms with E-state index in [-0.39, 0.29) is 17.4 Å². The molecule has 0 unspecified atom stereocenters. The first-order valence-electron chi connectivity index (χ1n) is 6.56. The van der Waals surface area contributed by atoms with Gasteiger partial charge in [-0.2, -0.15) is 13.2 Å². The summed E-state index contributed by atoms with van der Waals surface area (Å²) in [5, 5.41) is 4.88. The molecule has 0 aliphatic heterocycles. The SMILES string of the molecule is CNC(=O)[C@H](CC(C)C)NC(=O)c1cnc(C(F)(F)F)nc1. The zero-order valence-corrected chi connectivity index (χ0v) is 12.4. The number of nitrogens with one attached hydrogen (secondary N) is 2. The Balaban J connectivity index is 2.83. The van der Waals surface area contributed by atoms with Gasteiger partial charge in [-0.25, -0.2) is 9.97 Å². The summed E-state index contributed by atoms with van der Waals surface area (Å²) in [6.45, 7) is 3.76. The number of halogens is 3. The molecule has 0 aliphatic carbocycles. The van der Waals surface area contributed by atoms with Crippen molar-refractivity contribution in [2.45, 2.75) is 32.5 Å². The third kappa shape index (κ3) is 4.97. The van der Waals surface area contributed by atoms with E-state index < -0.39 is 23.9 Å². The minimum Gasteiger partial charge on any atom is -0.357 e. The minimum atomic E-state index is -4.67. The summed E-state index contributed by atoms with van der Waals surface area (Å²) in [6, 6.07) is -0.778. The Morgan fingerprint density at radius 3 is 2.18 bits per heavy atom. The molecule has 9 heteroatoms. The molecule has 0 radical (unpaired) electrons. The molecular weight excluding hydrogens is 301 g/mol. The molecule has 2 N–H and O–H groups in total. The maximum absolute atomic E-state index is 12.3. The van der Waals surface area contributed by atoms with Gasteiger partial charge in [0.1, 0.15) is 6.04 Å². The van der Waals surface area contributed by atoms with Crippen LogP contribution in [-0.4, -0.2) is 34.9 Å². The average molecular weight is 318 g/mol. The normalized spacial score (nSPS) is 12.9. The highest BCUT2D eigenvalue weighted by Crippen LogP contribution is 2.25. The fourth-order valence-electron chi connectivity index (χ4n) is 1.71. The van der Waals surface area contributed by atoms with Crippen molar-refractivity contribution in [1.82, 2.24) is 20.6 Å². The molecule has 122 valence electrons. The lowest BCUT2D eigenvalue weighted by Gasteiger charge is -2.19. The van der Waals surface area contributed by atoms with Crippen LogP contribution >= 0.6 is 0 Å². The number of aromatic nitrogens is 2. The predicted octanol–water partition coefficient (Wildman–Crippen LogP) is 1.39. The van der Waals surface area contributed by atoms with Crippen LogP contribution in [0, 0.1) is 5.92 Å². The second-order valence-electron chi connectivity index (χ2n) is 5.06. The molecule has 22 heavy (non-hydrogen) atoms. The Labute approximate surface area is 125 Å². The van der Waals surface area contributed by atoms with Gasteiger partial charge in [0.2, 0.25) is 11.7 Å². The molecule has 6 nitrogen and oxygen atoms in total.